The lowest BCUT2D eigenvalue weighted by atomic mass is 10.1. The quantitative estimate of drug-likeness (QED) is 0.392. The Morgan fingerprint density at radius 2 is 2.00 bits per heavy atom. The van der Waals surface area contributed by atoms with Crippen LogP contribution < -0.4 is 10.6 Å². The van der Waals surface area contributed by atoms with Gasteiger partial charge in [-0.3, -0.25) is 4.99 Å². The number of hydrogen-bond donors (Lipinski definition) is 2. The molecule has 0 unspecified atom stereocenters. The Morgan fingerprint density at radius 1 is 1.29 bits per heavy atom. The summed E-state index contributed by atoms with van der Waals surface area (Å²) in [7, 11) is -1.41. The molecule has 2 N–H and O–H groups in total. The third-order valence-corrected chi connectivity index (χ3v) is 5.13. The van der Waals surface area contributed by atoms with Gasteiger partial charge in [0.2, 0.25) is 10.0 Å². The molecule has 0 fully saturated rings. The molecule has 0 bridgehead atoms. The minimum atomic E-state index is -3.12. The zero-order valence-electron chi connectivity index (χ0n) is 14.5. The fraction of sp³-hybridized carbons (Fsp3) is 0.562. The van der Waals surface area contributed by atoms with Crippen LogP contribution in [0.1, 0.15) is 18.9 Å². The highest BCUT2D eigenvalue weighted by Gasteiger charge is 2.13. The van der Waals surface area contributed by atoms with Crippen molar-refractivity contribution in [3.63, 3.8) is 0 Å². The van der Waals surface area contributed by atoms with Crippen molar-refractivity contribution < 1.29 is 8.42 Å². The number of aliphatic imine (C=N–C) groups is 1. The van der Waals surface area contributed by atoms with Crippen LogP contribution in [0, 0.1) is 0 Å². The lowest BCUT2D eigenvalue weighted by Crippen LogP contribution is -2.40. The molecule has 0 spiro atoms. The third kappa shape index (κ3) is 7.99. The van der Waals surface area contributed by atoms with E-state index in [-0.39, 0.29) is 0 Å². The minimum absolute atomic E-state index is 0.492. The van der Waals surface area contributed by atoms with E-state index in [1.807, 2.05) is 31.2 Å². The molecule has 24 heavy (non-hydrogen) atoms. The molecule has 136 valence electrons. The van der Waals surface area contributed by atoms with Crippen molar-refractivity contribution in [3.8, 4) is 0 Å². The molecule has 0 aliphatic carbocycles. The van der Waals surface area contributed by atoms with Crippen molar-refractivity contribution in [2.24, 2.45) is 4.99 Å². The molecule has 0 aromatic heterocycles. The van der Waals surface area contributed by atoms with Gasteiger partial charge >= 0.3 is 0 Å². The fourth-order valence-electron chi connectivity index (χ4n) is 2.26. The predicted molar refractivity (Wildman–Crippen MR) is 101 cm³/mol. The van der Waals surface area contributed by atoms with Crippen LogP contribution in [0.15, 0.2) is 29.3 Å². The Balaban J connectivity index is 2.28. The molecule has 1 rings (SSSR count). The molecular weight excluding hydrogens is 348 g/mol. The highest BCUT2D eigenvalue weighted by atomic mass is 35.5. The molecule has 6 nitrogen and oxygen atoms in total. The van der Waals surface area contributed by atoms with Crippen molar-refractivity contribution in [1.29, 1.82) is 0 Å². The van der Waals surface area contributed by atoms with E-state index in [9.17, 15) is 8.42 Å². The summed E-state index contributed by atoms with van der Waals surface area (Å²) in [5, 5.41) is 7.16. The summed E-state index contributed by atoms with van der Waals surface area (Å²) in [6.07, 6.45) is 2.80. The Bertz CT molecular complexity index is 635. The van der Waals surface area contributed by atoms with Crippen LogP contribution in [-0.2, 0) is 16.4 Å². The van der Waals surface area contributed by atoms with Gasteiger partial charge in [0, 0.05) is 38.2 Å². The number of guanidine groups is 1. The average Bonchev–Trinajstić information content (AvgIpc) is 2.52. The van der Waals surface area contributed by atoms with E-state index in [1.165, 1.54) is 10.6 Å². The summed E-state index contributed by atoms with van der Waals surface area (Å²) >= 11 is 5.96. The van der Waals surface area contributed by atoms with Gasteiger partial charge in [-0.25, -0.2) is 12.7 Å². The normalized spacial score (nSPS) is 12.5. The van der Waals surface area contributed by atoms with Gasteiger partial charge in [0.25, 0.3) is 0 Å². The average molecular weight is 375 g/mol. The zero-order chi connectivity index (χ0) is 18.0. The van der Waals surface area contributed by atoms with Gasteiger partial charge in [0.05, 0.1) is 6.26 Å². The van der Waals surface area contributed by atoms with Crippen LogP contribution in [0.4, 0.5) is 0 Å². The monoisotopic (exact) mass is 374 g/mol. The van der Waals surface area contributed by atoms with Gasteiger partial charge in [-0.2, -0.15) is 0 Å². The molecule has 0 heterocycles. The molecule has 0 saturated heterocycles. The van der Waals surface area contributed by atoms with Crippen LogP contribution in [-0.4, -0.2) is 58.2 Å². The van der Waals surface area contributed by atoms with E-state index in [2.05, 4.69) is 15.6 Å². The van der Waals surface area contributed by atoms with Crippen LogP contribution in [0.25, 0.3) is 0 Å². The van der Waals surface area contributed by atoms with Crippen molar-refractivity contribution in [2.45, 2.75) is 19.8 Å². The van der Waals surface area contributed by atoms with Crippen molar-refractivity contribution in [2.75, 3.05) is 39.5 Å². The highest BCUT2D eigenvalue weighted by molar-refractivity contribution is 7.88. The molecule has 0 radical (unpaired) electrons. The van der Waals surface area contributed by atoms with Gasteiger partial charge in [-0.1, -0.05) is 30.7 Å². The second-order valence-corrected chi connectivity index (χ2v) is 7.83. The minimum Gasteiger partial charge on any atom is -0.356 e. The van der Waals surface area contributed by atoms with Crippen molar-refractivity contribution >= 4 is 27.6 Å². The maximum absolute atomic E-state index is 11.5. The first kappa shape index (κ1) is 20.7. The van der Waals surface area contributed by atoms with Gasteiger partial charge in [-0.05, 0) is 30.5 Å². The highest BCUT2D eigenvalue weighted by Crippen LogP contribution is 2.10. The smallest absolute Gasteiger partial charge is 0.211 e. The summed E-state index contributed by atoms with van der Waals surface area (Å²) in [6, 6.07) is 7.78. The van der Waals surface area contributed by atoms with Gasteiger partial charge in [0.1, 0.15) is 0 Å². The Morgan fingerprint density at radius 3 is 2.58 bits per heavy atom. The summed E-state index contributed by atoms with van der Waals surface area (Å²) in [5.74, 6) is 0.708. The van der Waals surface area contributed by atoms with Crippen LogP contribution in [0.2, 0.25) is 5.02 Å². The molecule has 1 aromatic rings. The van der Waals surface area contributed by atoms with Crippen LogP contribution >= 0.6 is 11.6 Å². The van der Waals surface area contributed by atoms with E-state index >= 15 is 0 Å². The first-order chi connectivity index (χ1) is 11.4. The van der Waals surface area contributed by atoms with Gasteiger partial charge in [0.15, 0.2) is 5.96 Å². The van der Waals surface area contributed by atoms with Crippen molar-refractivity contribution in [1.82, 2.24) is 14.9 Å². The molecule has 0 amide bonds. The molecule has 8 heteroatoms. The Kier molecular flexibility index (Phi) is 9.10. The van der Waals surface area contributed by atoms with Crippen LogP contribution in [0.5, 0.6) is 0 Å². The molecular formula is C16H27ClN4O2S. The number of nitrogens with zero attached hydrogens (tertiary/aromatic N) is 2. The lowest BCUT2D eigenvalue weighted by molar-refractivity contribution is 0.424. The second kappa shape index (κ2) is 10.5. The second-order valence-electron chi connectivity index (χ2n) is 5.41. The van der Waals surface area contributed by atoms with E-state index in [4.69, 9.17) is 11.6 Å². The lowest BCUT2D eigenvalue weighted by Gasteiger charge is -2.18. The number of nitrogens with one attached hydrogen (secondary N) is 2. The predicted octanol–water partition coefficient (Wildman–Crippen LogP) is 1.72. The first-order valence-electron chi connectivity index (χ1n) is 8.01. The number of hydrogen-bond acceptors (Lipinski definition) is 3. The topological polar surface area (TPSA) is 73.8 Å². The maximum atomic E-state index is 11.5. The molecule has 0 atom stereocenters. The van der Waals surface area contributed by atoms with E-state index < -0.39 is 10.0 Å². The summed E-state index contributed by atoms with van der Waals surface area (Å²) in [5.41, 5.74) is 1.16. The molecule has 0 aliphatic rings. The van der Waals surface area contributed by atoms with Crippen LogP contribution in [0.3, 0.4) is 0 Å². The third-order valence-electron chi connectivity index (χ3n) is 3.52. The fourth-order valence-corrected chi connectivity index (χ4v) is 3.40. The maximum Gasteiger partial charge on any atom is 0.211 e. The largest absolute Gasteiger partial charge is 0.356 e. The number of halogens is 1. The standard InChI is InChI=1S/C16H27ClN4O2S/c1-4-21(24(3,22)23)12-6-10-19-16(18-2)20-11-9-14-7-5-8-15(17)13-14/h5,7-8,13H,4,6,9-12H2,1-3H3,(H2,18,19,20). The van der Waals surface area contributed by atoms with Crippen molar-refractivity contribution in [3.05, 3.63) is 34.9 Å². The first-order valence-corrected chi connectivity index (χ1v) is 10.2. The van der Waals surface area contributed by atoms with E-state index in [0.717, 1.165) is 30.0 Å². The van der Waals surface area contributed by atoms with E-state index in [1.54, 1.807) is 7.05 Å². The molecule has 0 aliphatic heterocycles. The SMILES string of the molecule is CCN(CCCNC(=NC)NCCc1cccc(Cl)c1)S(C)(=O)=O. The van der Waals surface area contributed by atoms with Gasteiger partial charge < -0.3 is 10.6 Å². The summed E-state index contributed by atoms with van der Waals surface area (Å²) < 4.78 is 24.5. The number of sulfonamides is 1. The Labute approximate surface area is 150 Å². The summed E-state index contributed by atoms with van der Waals surface area (Å²) in [4.78, 5) is 4.16. The summed E-state index contributed by atoms with van der Waals surface area (Å²) in [6.45, 7) is 4.23. The molecule has 1 aromatic carbocycles. The van der Waals surface area contributed by atoms with Gasteiger partial charge in [-0.15, -0.1) is 0 Å². The number of rotatable bonds is 9. The Hall–Kier alpha value is -1.31. The molecule has 0 saturated carbocycles. The zero-order valence-corrected chi connectivity index (χ0v) is 16.1. The van der Waals surface area contributed by atoms with E-state index in [0.29, 0.717) is 25.6 Å². The number of benzene rings is 1.